The molecule has 2 aromatic carbocycles. The Bertz CT molecular complexity index is 1070. The van der Waals surface area contributed by atoms with E-state index in [0.29, 0.717) is 25.3 Å². The van der Waals surface area contributed by atoms with Gasteiger partial charge in [-0.1, -0.05) is 17.2 Å². The molecule has 1 unspecified atom stereocenters. The second-order valence-corrected chi connectivity index (χ2v) is 10.1. The number of carbonyl (C=O) groups is 3. The van der Waals surface area contributed by atoms with E-state index in [1.807, 2.05) is 61.2 Å². The van der Waals surface area contributed by atoms with Gasteiger partial charge in [0.25, 0.3) is 5.91 Å². The van der Waals surface area contributed by atoms with Gasteiger partial charge in [0.15, 0.2) is 5.78 Å². The van der Waals surface area contributed by atoms with Gasteiger partial charge in [-0.05, 0) is 76.4 Å². The van der Waals surface area contributed by atoms with E-state index >= 15 is 0 Å². The molecule has 7 nitrogen and oxygen atoms in total. The van der Waals surface area contributed by atoms with Crippen LogP contribution in [-0.4, -0.2) is 72.8 Å². The Morgan fingerprint density at radius 2 is 1.58 bits per heavy atom. The van der Waals surface area contributed by atoms with Crippen LogP contribution in [0.5, 0.6) is 5.75 Å². The normalized spacial score (nSPS) is 16.9. The van der Waals surface area contributed by atoms with E-state index in [1.54, 1.807) is 6.92 Å². The molecule has 0 aromatic heterocycles. The molecular weight excluding hydrogens is 454 g/mol. The number of hydrogen-bond acceptors (Lipinski definition) is 5. The van der Waals surface area contributed by atoms with Crippen molar-refractivity contribution in [1.29, 1.82) is 0 Å². The predicted molar refractivity (Wildman–Crippen MR) is 139 cm³/mol. The van der Waals surface area contributed by atoms with Crippen LogP contribution >= 0.6 is 0 Å². The van der Waals surface area contributed by atoms with Gasteiger partial charge in [0.2, 0.25) is 5.91 Å². The Morgan fingerprint density at radius 1 is 0.944 bits per heavy atom. The minimum atomic E-state index is -0.566. The van der Waals surface area contributed by atoms with E-state index in [0.717, 1.165) is 61.3 Å². The SMILES string of the molecule is Cc1cc(C)cc(C(=O)NC(C)C(=O)N2CCN(CCCOc3ccc(C(=O)C4CC4)cc3)CC2)c1. The number of carbonyl (C=O) groups excluding carboxylic acids is 3. The number of hydrogen-bond donors (Lipinski definition) is 1. The first kappa shape index (κ1) is 25.9. The number of Topliss-reactive ketones (excluding diaryl/α,β-unsaturated/α-hetero) is 1. The summed E-state index contributed by atoms with van der Waals surface area (Å²) >= 11 is 0. The van der Waals surface area contributed by atoms with Crippen molar-refractivity contribution in [2.24, 2.45) is 5.92 Å². The molecule has 7 heteroatoms. The number of rotatable bonds is 10. The summed E-state index contributed by atoms with van der Waals surface area (Å²) in [6, 6.07) is 12.6. The molecule has 1 saturated heterocycles. The molecular formula is C29H37N3O4. The molecule has 1 aliphatic heterocycles. The molecule has 2 amide bonds. The molecule has 1 heterocycles. The summed E-state index contributed by atoms with van der Waals surface area (Å²) in [6.45, 7) is 10.1. The third-order valence-corrected chi connectivity index (χ3v) is 6.86. The van der Waals surface area contributed by atoms with Gasteiger partial charge in [-0.2, -0.15) is 0 Å². The molecule has 0 bridgehead atoms. The zero-order valence-electron chi connectivity index (χ0n) is 21.6. The lowest BCUT2D eigenvalue weighted by molar-refractivity contribution is -0.134. The molecule has 1 N–H and O–H groups in total. The average Bonchev–Trinajstić information content (AvgIpc) is 3.71. The summed E-state index contributed by atoms with van der Waals surface area (Å²) in [6.07, 6.45) is 2.92. The van der Waals surface area contributed by atoms with Gasteiger partial charge in [-0.25, -0.2) is 0 Å². The molecule has 192 valence electrons. The number of ketones is 1. The van der Waals surface area contributed by atoms with Crippen LogP contribution in [0.2, 0.25) is 0 Å². The molecule has 2 fully saturated rings. The Labute approximate surface area is 213 Å². The fraction of sp³-hybridized carbons (Fsp3) is 0.483. The molecule has 1 aliphatic carbocycles. The third-order valence-electron chi connectivity index (χ3n) is 6.86. The van der Waals surface area contributed by atoms with Crippen molar-refractivity contribution in [2.75, 3.05) is 39.3 Å². The number of benzene rings is 2. The average molecular weight is 492 g/mol. The van der Waals surface area contributed by atoms with Crippen LogP contribution in [0.15, 0.2) is 42.5 Å². The monoisotopic (exact) mass is 491 g/mol. The lowest BCUT2D eigenvalue weighted by atomic mass is 10.1. The highest BCUT2D eigenvalue weighted by molar-refractivity contribution is 5.99. The Balaban J connectivity index is 1.13. The minimum absolute atomic E-state index is 0.0423. The van der Waals surface area contributed by atoms with Crippen LogP contribution in [-0.2, 0) is 4.79 Å². The zero-order chi connectivity index (χ0) is 25.7. The van der Waals surface area contributed by atoms with Gasteiger partial charge in [0.1, 0.15) is 11.8 Å². The maximum absolute atomic E-state index is 12.9. The van der Waals surface area contributed by atoms with Crippen LogP contribution < -0.4 is 10.1 Å². The van der Waals surface area contributed by atoms with Crippen molar-refractivity contribution in [3.8, 4) is 5.75 Å². The lowest BCUT2D eigenvalue weighted by Crippen LogP contribution is -2.54. The van der Waals surface area contributed by atoms with Crippen molar-refractivity contribution in [3.63, 3.8) is 0 Å². The van der Waals surface area contributed by atoms with Crippen LogP contribution in [0, 0.1) is 19.8 Å². The fourth-order valence-electron chi connectivity index (χ4n) is 4.69. The van der Waals surface area contributed by atoms with Crippen LogP contribution in [0.25, 0.3) is 0 Å². The minimum Gasteiger partial charge on any atom is -0.494 e. The highest BCUT2D eigenvalue weighted by Gasteiger charge is 2.30. The number of piperazine rings is 1. The van der Waals surface area contributed by atoms with Crippen molar-refractivity contribution < 1.29 is 19.1 Å². The van der Waals surface area contributed by atoms with Gasteiger partial charge in [0, 0.05) is 49.8 Å². The largest absolute Gasteiger partial charge is 0.494 e. The molecule has 2 aliphatic rings. The van der Waals surface area contributed by atoms with E-state index < -0.39 is 6.04 Å². The topological polar surface area (TPSA) is 79.0 Å². The van der Waals surface area contributed by atoms with Crippen LogP contribution in [0.4, 0.5) is 0 Å². The van der Waals surface area contributed by atoms with Gasteiger partial charge in [-0.15, -0.1) is 0 Å². The Kier molecular flexibility index (Phi) is 8.41. The number of nitrogens with one attached hydrogen (secondary N) is 1. The van der Waals surface area contributed by atoms with Crippen molar-refractivity contribution >= 4 is 17.6 Å². The van der Waals surface area contributed by atoms with E-state index in [2.05, 4.69) is 10.2 Å². The summed E-state index contributed by atoms with van der Waals surface area (Å²) in [5.74, 6) is 1.01. The van der Waals surface area contributed by atoms with Crippen molar-refractivity contribution in [1.82, 2.24) is 15.1 Å². The Hall–Kier alpha value is -3.19. The zero-order valence-corrected chi connectivity index (χ0v) is 21.6. The quantitative estimate of drug-likeness (QED) is 0.406. The third kappa shape index (κ3) is 6.94. The molecule has 0 radical (unpaired) electrons. The molecule has 4 rings (SSSR count). The lowest BCUT2D eigenvalue weighted by Gasteiger charge is -2.36. The molecule has 1 atom stereocenters. The number of aryl methyl sites for hydroxylation is 2. The fourth-order valence-corrected chi connectivity index (χ4v) is 4.69. The van der Waals surface area contributed by atoms with Gasteiger partial charge in [-0.3, -0.25) is 19.3 Å². The second kappa shape index (κ2) is 11.7. The highest BCUT2D eigenvalue weighted by Crippen LogP contribution is 2.32. The smallest absolute Gasteiger partial charge is 0.251 e. The van der Waals surface area contributed by atoms with Gasteiger partial charge in [0.05, 0.1) is 6.61 Å². The van der Waals surface area contributed by atoms with Crippen LogP contribution in [0.3, 0.4) is 0 Å². The Morgan fingerprint density at radius 3 is 2.19 bits per heavy atom. The van der Waals surface area contributed by atoms with Crippen LogP contribution in [0.1, 0.15) is 58.0 Å². The van der Waals surface area contributed by atoms with Gasteiger partial charge >= 0.3 is 0 Å². The van der Waals surface area contributed by atoms with E-state index in [4.69, 9.17) is 4.74 Å². The summed E-state index contributed by atoms with van der Waals surface area (Å²) in [4.78, 5) is 41.8. The van der Waals surface area contributed by atoms with Crippen molar-refractivity contribution in [2.45, 2.75) is 46.1 Å². The first-order valence-electron chi connectivity index (χ1n) is 13.0. The first-order valence-corrected chi connectivity index (χ1v) is 13.0. The van der Waals surface area contributed by atoms with Crippen molar-refractivity contribution in [3.05, 3.63) is 64.7 Å². The van der Waals surface area contributed by atoms with E-state index in [1.165, 1.54) is 0 Å². The molecule has 0 spiro atoms. The number of amides is 2. The molecule has 2 aromatic rings. The predicted octanol–water partition coefficient (Wildman–Crippen LogP) is 3.63. The number of nitrogens with zero attached hydrogens (tertiary/aromatic N) is 2. The summed E-state index contributed by atoms with van der Waals surface area (Å²) < 4.78 is 5.84. The maximum atomic E-state index is 12.9. The molecule has 36 heavy (non-hydrogen) atoms. The molecule has 1 saturated carbocycles. The van der Waals surface area contributed by atoms with E-state index in [-0.39, 0.29) is 23.5 Å². The highest BCUT2D eigenvalue weighted by atomic mass is 16.5. The second-order valence-electron chi connectivity index (χ2n) is 10.1. The maximum Gasteiger partial charge on any atom is 0.251 e. The summed E-state index contributed by atoms with van der Waals surface area (Å²) in [5.41, 5.74) is 3.41. The number of ether oxygens (including phenoxy) is 1. The first-order chi connectivity index (χ1) is 17.3. The van der Waals surface area contributed by atoms with Gasteiger partial charge < -0.3 is 15.0 Å². The van der Waals surface area contributed by atoms with E-state index in [9.17, 15) is 14.4 Å². The summed E-state index contributed by atoms with van der Waals surface area (Å²) in [5, 5.41) is 2.86. The standard InChI is InChI=1S/C29H37N3O4/c1-20-17-21(2)19-25(18-20)28(34)30-22(3)29(35)32-14-12-31(13-15-32)11-4-16-36-26-9-7-24(8-10-26)27(33)23-5-6-23/h7-10,17-19,22-23H,4-6,11-16H2,1-3H3,(H,30,34). The summed E-state index contributed by atoms with van der Waals surface area (Å²) in [7, 11) is 0.